The van der Waals surface area contributed by atoms with Gasteiger partial charge in [-0.15, -0.1) is 0 Å². The molecule has 1 N–H and O–H groups in total. The van der Waals surface area contributed by atoms with Crippen molar-refractivity contribution in [2.45, 2.75) is 6.61 Å². The van der Waals surface area contributed by atoms with E-state index in [2.05, 4.69) is 10.1 Å². The van der Waals surface area contributed by atoms with Gasteiger partial charge in [-0.2, -0.15) is 4.98 Å². The molecule has 2 heterocycles. The molecule has 0 atom stereocenters. The molecule has 0 aliphatic rings. The molecule has 106 valence electrons. The molecule has 21 heavy (non-hydrogen) atoms. The Kier molecular flexibility index (Phi) is 3.38. The minimum Gasteiger partial charge on any atom is -0.485 e. The van der Waals surface area contributed by atoms with Crippen LogP contribution >= 0.6 is 0 Å². The SMILES string of the molecule is O=C(O)c1cccc(OCc2noc(-c3ccco3)n2)c1. The fourth-order valence-electron chi connectivity index (χ4n) is 1.68. The lowest BCUT2D eigenvalue weighted by molar-refractivity contribution is 0.0696. The van der Waals surface area contributed by atoms with Crippen LogP contribution in [0, 0.1) is 0 Å². The number of nitrogens with zero attached hydrogens (tertiary/aromatic N) is 2. The molecule has 0 fully saturated rings. The first-order valence-electron chi connectivity index (χ1n) is 6.05. The van der Waals surface area contributed by atoms with Crippen molar-refractivity contribution in [3.8, 4) is 17.4 Å². The summed E-state index contributed by atoms with van der Waals surface area (Å²) in [4.78, 5) is 15.0. The number of ether oxygens (including phenoxy) is 1. The first-order chi connectivity index (χ1) is 10.2. The zero-order valence-electron chi connectivity index (χ0n) is 10.7. The van der Waals surface area contributed by atoms with Gasteiger partial charge in [0.2, 0.25) is 5.82 Å². The van der Waals surface area contributed by atoms with Gasteiger partial charge in [-0.25, -0.2) is 4.79 Å². The minimum absolute atomic E-state index is 0.0628. The maximum Gasteiger partial charge on any atom is 0.335 e. The summed E-state index contributed by atoms with van der Waals surface area (Å²) in [5.74, 6) is 0.473. The van der Waals surface area contributed by atoms with Crippen molar-refractivity contribution < 1.29 is 23.6 Å². The Morgan fingerprint density at radius 3 is 2.95 bits per heavy atom. The van der Waals surface area contributed by atoms with Crippen molar-refractivity contribution in [3.05, 3.63) is 54.0 Å². The molecule has 0 spiro atoms. The lowest BCUT2D eigenvalue weighted by Gasteiger charge is -2.03. The molecular weight excluding hydrogens is 276 g/mol. The Balaban J connectivity index is 1.68. The highest BCUT2D eigenvalue weighted by Crippen LogP contribution is 2.18. The van der Waals surface area contributed by atoms with E-state index in [0.29, 0.717) is 17.3 Å². The van der Waals surface area contributed by atoms with Crippen LogP contribution in [0.1, 0.15) is 16.2 Å². The smallest absolute Gasteiger partial charge is 0.335 e. The van der Waals surface area contributed by atoms with Crippen LogP contribution in [0.5, 0.6) is 5.75 Å². The second kappa shape index (κ2) is 5.49. The van der Waals surface area contributed by atoms with Crippen LogP contribution in [-0.2, 0) is 6.61 Å². The van der Waals surface area contributed by atoms with Gasteiger partial charge >= 0.3 is 5.97 Å². The highest BCUT2D eigenvalue weighted by Gasteiger charge is 2.11. The van der Waals surface area contributed by atoms with Gasteiger partial charge in [0.15, 0.2) is 12.4 Å². The van der Waals surface area contributed by atoms with Gasteiger partial charge in [0.25, 0.3) is 5.89 Å². The van der Waals surface area contributed by atoms with E-state index in [9.17, 15) is 4.79 Å². The van der Waals surface area contributed by atoms with Crippen molar-refractivity contribution in [2.75, 3.05) is 0 Å². The second-order valence-electron chi connectivity index (χ2n) is 4.11. The Labute approximate surface area is 118 Å². The standard InChI is InChI=1S/C14H10N2O5/c17-14(18)9-3-1-4-10(7-9)20-8-12-15-13(21-16-12)11-5-2-6-19-11/h1-7H,8H2,(H,17,18). The number of carboxylic acids is 1. The van der Waals surface area contributed by atoms with E-state index >= 15 is 0 Å². The Bertz CT molecular complexity index is 748. The van der Waals surface area contributed by atoms with Crippen LogP contribution in [0.2, 0.25) is 0 Å². The molecule has 0 aliphatic heterocycles. The normalized spacial score (nSPS) is 10.5. The van der Waals surface area contributed by atoms with Gasteiger partial charge in [0.1, 0.15) is 5.75 Å². The highest BCUT2D eigenvalue weighted by molar-refractivity contribution is 5.87. The Morgan fingerprint density at radius 2 is 2.19 bits per heavy atom. The van der Waals surface area contributed by atoms with Crippen molar-refractivity contribution in [3.63, 3.8) is 0 Å². The summed E-state index contributed by atoms with van der Waals surface area (Å²) in [6.45, 7) is 0.0628. The number of benzene rings is 1. The zero-order chi connectivity index (χ0) is 14.7. The number of carboxylic acid groups (broad SMARTS) is 1. The number of aromatic nitrogens is 2. The molecule has 0 radical (unpaired) electrons. The third kappa shape index (κ3) is 2.92. The fraction of sp³-hybridized carbons (Fsp3) is 0.0714. The molecule has 0 bridgehead atoms. The molecular formula is C14H10N2O5. The van der Waals surface area contributed by atoms with Crippen molar-refractivity contribution in [1.29, 1.82) is 0 Å². The molecule has 7 nitrogen and oxygen atoms in total. The number of carbonyl (C=O) groups is 1. The lowest BCUT2D eigenvalue weighted by Crippen LogP contribution is -2.00. The van der Waals surface area contributed by atoms with Crippen LogP contribution in [0.25, 0.3) is 11.7 Å². The van der Waals surface area contributed by atoms with Crippen LogP contribution in [0.3, 0.4) is 0 Å². The molecule has 0 saturated carbocycles. The number of aromatic carboxylic acids is 1. The quantitative estimate of drug-likeness (QED) is 0.769. The predicted molar refractivity (Wildman–Crippen MR) is 69.7 cm³/mol. The summed E-state index contributed by atoms with van der Waals surface area (Å²) >= 11 is 0. The van der Waals surface area contributed by atoms with Gasteiger partial charge in [-0.3, -0.25) is 0 Å². The number of hydrogen-bond donors (Lipinski definition) is 1. The van der Waals surface area contributed by atoms with Gasteiger partial charge in [0.05, 0.1) is 11.8 Å². The maximum absolute atomic E-state index is 10.9. The molecule has 0 amide bonds. The average molecular weight is 286 g/mol. The third-order valence-corrected chi connectivity index (χ3v) is 2.65. The zero-order valence-corrected chi connectivity index (χ0v) is 10.7. The van der Waals surface area contributed by atoms with Crippen molar-refractivity contribution in [2.24, 2.45) is 0 Å². The first-order valence-corrected chi connectivity index (χ1v) is 6.05. The molecule has 2 aromatic heterocycles. The van der Waals surface area contributed by atoms with Gasteiger partial charge in [-0.1, -0.05) is 11.2 Å². The summed E-state index contributed by atoms with van der Waals surface area (Å²) in [6.07, 6.45) is 1.51. The van der Waals surface area contributed by atoms with Crippen molar-refractivity contribution >= 4 is 5.97 Å². The van der Waals surface area contributed by atoms with E-state index < -0.39 is 5.97 Å². The largest absolute Gasteiger partial charge is 0.485 e. The molecule has 1 aromatic carbocycles. The van der Waals surface area contributed by atoms with E-state index in [1.165, 1.54) is 18.4 Å². The number of hydrogen-bond acceptors (Lipinski definition) is 6. The molecule has 3 rings (SSSR count). The number of rotatable bonds is 5. The minimum atomic E-state index is -1.01. The van der Waals surface area contributed by atoms with Gasteiger partial charge in [0, 0.05) is 0 Å². The van der Waals surface area contributed by atoms with Crippen LogP contribution in [0.4, 0.5) is 0 Å². The average Bonchev–Trinajstić information content (AvgIpc) is 3.16. The topological polar surface area (TPSA) is 98.6 Å². The van der Waals surface area contributed by atoms with Crippen LogP contribution in [-0.4, -0.2) is 21.2 Å². The summed E-state index contributed by atoms with van der Waals surface area (Å²) in [6, 6.07) is 9.58. The summed E-state index contributed by atoms with van der Waals surface area (Å²) in [7, 11) is 0. The molecule has 0 saturated heterocycles. The van der Waals surface area contributed by atoms with E-state index in [-0.39, 0.29) is 18.1 Å². The highest BCUT2D eigenvalue weighted by atomic mass is 16.5. The van der Waals surface area contributed by atoms with E-state index in [4.69, 9.17) is 18.8 Å². The van der Waals surface area contributed by atoms with Gasteiger partial charge in [-0.05, 0) is 30.3 Å². The number of furan rings is 1. The predicted octanol–water partition coefficient (Wildman–Crippen LogP) is 2.61. The summed E-state index contributed by atoms with van der Waals surface area (Å²) in [5.41, 5.74) is 0.150. The monoisotopic (exact) mass is 286 g/mol. The van der Waals surface area contributed by atoms with E-state index in [1.807, 2.05) is 0 Å². The first kappa shape index (κ1) is 12.9. The molecule has 3 aromatic rings. The maximum atomic E-state index is 10.9. The second-order valence-corrected chi connectivity index (χ2v) is 4.11. The molecule has 0 aliphatic carbocycles. The Morgan fingerprint density at radius 1 is 1.29 bits per heavy atom. The van der Waals surface area contributed by atoms with Crippen LogP contribution < -0.4 is 4.74 Å². The van der Waals surface area contributed by atoms with Crippen molar-refractivity contribution in [1.82, 2.24) is 10.1 Å². The van der Waals surface area contributed by atoms with Crippen LogP contribution in [0.15, 0.2) is 51.6 Å². The van der Waals surface area contributed by atoms with E-state index in [0.717, 1.165) is 0 Å². The molecule has 7 heteroatoms. The lowest BCUT2D eigenvalue weighted by atomic mass is 10.2. The fourth-order valence-corrected chi connectivity index (χ4v) is 1.68. The Hall–Kier alpha value is -3.09. The van der Waals surface area contributed by atoms with Gasteiger partial charge < -0.3 is 18.8 Å². The third-order valence-electron chi connectivity index (χ3n) is 2.65. The summed E-state index contributed by atoms with van der Waals surface area (Å²) < 4.78 is 15.6. The molecule has 0 unspecified atom stereocenters. The summed E-state index contributed by atoms with van der Waals surface area (Å²) in [5, 5.41) is 12.7. The van der Waals surface area contributed by atoms with E-state index in [1.54, 1.807) is 24.3 Å².